The molecule has 3 aromatic rings. The van der Waals surface area contributed by atoms with Crippen LogP contribution < -0.4 is 5.32 Å². The molecular weight excluding hydrogens is 310 g/mol. The zero-order valence-electron chi connectivity index (χ0n) is 12.1. The van der Waals surface area contributed by atoms with Crippen molar-refractivity contribution in [1.29, 1.82) is 5.26 Å². The SMILES string of the molecule is N#Cc1ncn(CC(=O)N[C@@H](c2ccccc2)c2cccs2)n1. The summed E-state index contributed by atoms with van der Waals surface area (Å²) in [5.41, 5.74) is 1.01. The highest BCUT2D eigenvalue weighted by atomic mass is 32.1. The van der Waals surface area contributed by atoms with E-state index >= 15 is 0 Å². The van der Waals surface area contributed by atoms with Gasteiger partial charge in [-0.3, -0.25) is 4.79 Å². The normalized spacial score (nSPS) is 11.6. The molecule has 1 N–H and O–H groups in total. The molecule has 0 aliphatic heterocycles. The number of benzene rings is 1. The molecule has 0 bridgehead atoms. The first-order valence-electron chi connectivity index (χ1n) is 6.93. The standard InChI is InChI=1S/C16H13N5OS/c17-9-14-18-11-21(20-14)10-15(22)19-16(13-7-4-8-23-13)12-5-2-1-3-6-12/h1-8,11,16H,10H2,(H,19,22)/t16-/m0/s1. The molecule has 23 heavy (non-hydrogen) atoms. The molecule has 0 saturated carbocycles. The van der Waals surface area contributed by atoms with Gasteiger partial charge in [0.1, 0.15) is 18.9 Å². The van der Waals surface area contributed by atoms with Gasteiger partial charge in [-0.05, 0) is 17.0 Å². The van der Waals surface area contributed by atoms with Crippen molar-refractivity contribution in [2.24, 2.45) is 0 Å². The van der Waals surface area contributed by atoms with Gasteiger partial charge in [-0.2, -0.15) is 5.26 Å². The number of carbonyl (C=O) groups is 1. The van der Waals surface area contributed by atoms with Crippen molar-refractivity contribution in [3.63, 3.8) is 0 Å². The van der Waals surface area contributed by atoms with Gasteiger partial charge < -0.3 is 5.32 Å². The van der Waals surface area contributed by atoms with E-state index in [-0.39, 0.29) is 24.3 Å². The first-order valence-corrected chi connectivity index (χ1v) is 7.81. The van der Waals surface area contributed by atoms with Gasteiger partial charge in [0.2, 0.25) is 5.91 Å². The monoisotopic (exact) mass is 323 g/mol. The first kappa shape index (κ1) is 14.9. The Hall–Kier alpha value is -2.98. The third-order valence-electron chi connectivity index (χ3n) is 3.21. The van der Waals surface area contributed by atoms with Crippen LogP contribution in [0.3, 0.4) is 0 Å². The summed E-state index contributed by atoms with van der Waals surface area (Å²) in [6, 6.07) is 15.4. The quantitative estimate of drug-likeness (QED) is 0.779. The summed E-state index contributed by atoms with van der Waals surface area (Å²) < 4.78 is 1.35. The number of hydrogen-bond donors (Lipinski definition) is 1. The first-order chi connectivity index (χ1) is 11.3. The number of nitrogens with one attached hydrogen (secondary N) is 1. The van der Waals surface area contributed by atoms with E-state index in [1.165, 1.54) is 11.0 Å². The lowest BCUT2D eigenvalue weighted by molar-refractivity contribution is -0.122. The van der Waals surface area contributed by atoms with Gasteiger partial charge in [-0.1, -0.05) is 36.4 Å². The molecule has 0 radical (unpaired) electrons. The average Bonchev–Trinajstić information content (AvgIpc) is 3.25. The van der Waals surface area contributed by atoms with Gasteiger partial charge in [0.05, 0.1) is 6.04 Å². The Morgan fingerprint density at radius 2 is 2.13 bits per heavy atom. The van der Waals surface area contributed by atoms with Crippen LogP contribution in [0.2, 0.25) is 0 Å². The molecule has 7 heteroatoms. The maximum atomic E-state index is 12.3. The van der Waals surface area contributed by atoms with Gasteiger partial charge in [-0.15, -0.1) is 16.4 Å². The number of nitriles is 1. The zero-order chi connectivity index (χ0) is 16.1. The summed E-state index contributed by atoms with van der Waals surface area (Å²) in [6.07, 6.45) is 1.38. The van der Waals surface area contributed by atoms with Gasteiger partial charge in [0, 0.05) is 4.88 Å². The zero-order valence-corrected chi connectivity index (χ0v) is 12.9. The van der Waals surface area contributed by atoms with E-state index in [1.54, 1.807) is 11.3 Å². The molecule has 0 saturated heterocycles. The lowest BCUT2D eigenvalue weighted by Crippen LogP contribution is -2.32. The fourth-order valence-electron chi connectivity index (χ4n) is 2.20. The van der Waals surface area contributed by atoms with Crippen molar-refractivity contribution in [1.82, 2.24) is 20.1 Å². The van der Waals surface area contributed by atoms with E-state index in [2.05, 4.69) is 15.4 Å². The third kappa shape index (κ3) is 3.62. The van der Waals surface area contributed by atoms with Crippen LogP contribution in [0.1, 0.15) is 22.3 Å². The molecule has 1 aromatic carbocycles. The van der Waals surface area contributed by atoms with Crippen LogP contribution in [0.5, 0.6) is 0 Å². The highest BCUT2D eigenvalue weighted by Gasteiger charge is 2.18. The molecular formula is C16H13N5OS. The van der Waals surface area contributed by atoms with Gasteiger partial charge in [0.25, 0.3) is 5.82 Å². The Labute approximate surface area is 137 Å². The predicted octanol–water partition coefficient (Wildman–Crippen LogP) is 2.12. The Morgan fingerprint density at radius 1 is 1.30 bits per heavy atom. The lowest BCUT2D eigenvalue weighted by Gasteiger charge is -2.18. The largest absolute Gasteiger partial charge is 0.343 e. The molecule has 0 aliphatic rings. The second-order valence-corrected chi connectivity index (χ2v) is 5.78. The molecule has 0 fully saturated rings. The van der Waals surface area contributed by atoms with E-state index < -0.39 is 0 Å². The van der Waals surface area contributed by atoms with Crippen LogP contribution in [0.15, 0.2) is 54.2 Å². The van der Waals surface area contributed by atoms with Crippen molar-refractivity contribution in [3.8, 4) is 6.07 Å². The van der Waals surface area contributed by atoms with E-state index in [0.29, 0.717) is 0 Å². The summed E-state index contributed by atoms with van der Waals surface area (Å²) >= 11 is 1.59. The highest BCUT2D eigenvalue weighted by Crippen LogP contribution is 2.25. The van der Waals surface area contributed by atoms with Crippen molar-refractivity contribution >= 4 is 17.2 Å². The fourth-order valence-corrected chi connectivity index (χ4v) is 3.00. The number of rotatable bonds is 5. The minimum Gasteiger partial charge on any atom is -0.343 e. The molecule has 2 heterocycles. The number of nitrogens with zero attached hydrogens (tertiary/aromatic N) is 4. The van der Waals surface area contributed by atoms with E-state index in [9.17, 15) is 4.79 Å². The van der Waals surface area contributed by atoms with E-state index in [4.69, 9.17) is 5.26 Å². The van der Waals surface area contributed by atoms with Crippen LogP contribution in [0.25, 0.3) is 0 Å². The smallest absolute Gasteiger partial charge is 0.252 e. The number of amides is 1. The van der Waals surface area contributed by atoms with E-state index in [0.717, 1.165) is 10.4 Å². The van der Waals surface area contributed by atoms with Crippen molar-refractivity contribution < 1.29 is 4.79 Å². The maximum Gasteiger partial charge on any atom is 0.252 e. The maximum absolute atomic E-state index is 12.3. The summed E-state index contributed by atoms with van der Waals surface area (Å²) in [5, 5.41) is 17.6. The van der Waals surface area contributed by atoms with Crippen LogP contribution >= 0.6 is 11.3 Å². The topological polar surface area (TPSA) is 83.6 Å². The van der Waals surface area contributed by atoms with Gasteiger partial charge >= 0.3 is 0 Å². The van der Waals surface area contributed by atoms with Crippen molar-refractivity contribution in [2.45, 2.75) is 12.6 Å². The minimum atomic E-state index is -0.206. The molecule has 1 atom stereocenters. The summed E-state index contributed by atoms with van der Waals surface area (Å²) in [7, 11) is 0. The Morgan fingerprint density at radius 3 is 2.78 bits per heavy atom. The number of hydrogen-bond acceptors (Lipinski definition) is 5. The minimum absolute atomic E-state index is 0.0173. The fraction of sp³-hybridized carbons (Fsp3) is 0.125. The summed E-state index contributed by atoms with van der Waals surface area (Å²) in [5.74, 6) is -0.141. The Kier molecular flexibility index (Phi) is 4.45. The molecule has 114 valence electrons. The molecule has 1 amide bonds. The predicted molar refractivity (Wildman–Crippen MR) is 85.5 cm³/mol. The molecule has 0 spiro atoms. The summed E-state index contributed by atoms with van der Waals surface area (Å²) in [4.78, 5) is 17.2. The van der Waals surface area contributed by atoms with Gasteiger partial charge in [0.15, 0.2) is 0 Å². The molecule has 6 nitrogen and oxygen atoms in total. The molecule has 0 unspecified atom stereocenters. The molecule has 3 rings (SSSR count). The lowest BCUT2D eigenvalue weighted by atomic mass is 10.1. The van der Waals surface area contributed by atoms with Crippen LogP contribution in [0, 0.1) is 11.3 Å². The Bertz CT molecular complexity index is 820. The number of thiophene rings is 1. The third-order valence-corrected chi connectivity index (χ3v) is 4.15. The van der Waals surface area contributed by atoms with E-state index in [1.807, 2.05) is 53.9 Å². The Balaban J connectivity index is 1.76. The number of aromatic nitrogens is 3. The molecule has 2 aromatic heterocycles. The highest BCUT2D eigenvalue weighted by molar-refractivity contribution is 7.10. The molecule has 0 aliphatic carbocycles. The van der Waals surface area contributed by atoms with Crippen LogP contribution in [-0.4, -0.2) is 20.7 Å². The second-order valence-electron chi connectivity index (χ2n) is 4.80. The van der Waals surface area contributed by atoms with Crippen molar-refractivity contribution in [3.05, 3.63) is 70.4 Å². The summed E-state index contributed by atoms with van der Waals surface area (Å²) in [6.45, 7) is 0.0173. The van der Waals surface area contributed by atoms with Crippen LogP contribution in [0.4, 0.5) is 0 Å². The van der Waals surface area contributed by atoms with Gasteiger partial charge in [-0.25, -0.2) is 9.67 Å². The van der Waals surface area contributed by atoms with Crippen LogP contribution in [-0.2, 0) is 11.3 Å². The number of carbonyl (C=O) groups excluding carboxylic acids is 1. The average molecular weight is 323 g/mol. The second kappa shape index (κ2) is 6.85. The van der Waals surface area contributed by atoms with Crippen molar-refractivity contribution in [2.75, 3.05) is 0 Å².